The molecule has 1 aromatic carbocycles. The summed E-state index contributed by atoms with van der Waals surface area (Å²) in [6.07, 6.45) is 3.66. The maximum atomic E-state index is 12.2. The first-order chi connectivity index (χ1) is 13.9. The van der Waals surface area contributed by atoms with E-state index in [1.807, 2.05) is 54.2 Å². The molecule has 0 saturated heterocycles. The first-order valence-corrected chi connectivity index (χ1v) is 11.0. The summed E-state index contributed by atoms with van der Waals surface area (Å²) in [4.78, 5) is 24.9. The van der Waals surface area contributed by atoms with E-state index in [1.54, 1.807) is 13.0 Å². The Morgan fingerprint density at radius 2 is 1.97 bits per heavy atom. The molecular formula is C21H23BrN4O2S. The monoisotopic (exact) mass is 474 g/mol. The fourth-order valence-corrected chi connectivity index (χ4v) is 4.16. The lowest BCUT2D eigenvalue weighted by molar-refractivity contribution is -0.122. The van der Waals surface area contributed by atoms with Crippen molar-refractivity contribution in [2.24, 2.45) is 0 Å². The van der Waals surface area contributed by atoms with Crippen molar-refractivity contribution in [3.63, 3.8) is 0 Å². The van der Waals surface area contributed by atoms with Crippen molar-refractivity contribution in [2.45, 2.75) is 32.7 Å². The van der Waals surface area contributed by atoms with Crippen LogP contribution in [0.3, 0.4) is 0 Å². The molecule has 3 aromatic rings. The molecule has 1 atom stereocenters. The molecular weight excluding hydrogens is 452 g/mol. The Bertz CT molecular complexity index is 984. The summed E-state index contributed by atoms with van der Waals surface area (Å²) in [6, 6.07) is 12.9. The van der Waals surface area contributed by atoms with Gasteiger partial charge >= 0.3 is 0 Å². The van der Waals surface area contributed by atoms with Crippen LogP contribution in [-0.2, 0) is 11.2 Å². The van der Waals surface area contributed by atoms with E-state index in [4.69, 9.17) is 0 Å². The van der Waals surface area contributed by atoms with Gasteiger partial charge in [-0.2, -0.15) is 5.10 Å². The minimum Gasteiger partial charge on any atom is -0.354 e. The van der Waals surface area contributed by atoms with Crippen molar-refractivity contribution in [3.8, 4) is 5.69 Å². The zero-order valence-corrected chi connectivity index (χ0v) is 18.7. The summed E-state index contributed by atoms with van der Waals surface area (Å²) in [5.74, 6) is -0.432. The lowest BCUT2D eigenvalue weighted by atomic mass is 10.1. The van der Waals surface area contributed by atoms with Gasteiger partial charge in [0.1, 0.15) is 6.04 Å². The average molecular weight is 475 g/mol. The van der Waals surface area contributed by atoms with Gasteiger partial charge in [-0.15, -0.1) is 11.3 Å². The Morgan fingerprint density at radius 1 is 1.21 bits per heavy atom. The number of thiophene rings is 1. The molecule has 0 radical (unpaired) electrons. The first kappa shape index (κ1) is 21.3. The van der Waals surface area contributed by atoms with Gasteiger partial charge in [-0.3, -0.25) is 9.59 Å². The Balaban J connectivity index is 1.43. The van der Waals surface area contributed by atoms with E-state index in [0.717, 1.165) is 33.6 Å². The van der Waals surface area contributed by atoms with Crippen LogP contribution in [0.2, 0.25) is 0 Å². The van der Waals surface area contributed by atoms with E-state index in [-0.39, 0.29) is 11.8 Å². The number of carbonyl (C=O) groups is 2. The van der Waals surface area contributed by atoms with Gasteiger partial charge in [-0.1, -0.05) is 18.2 Å². The molecule has 1 unspecified atom stereocenters. The Kier molecular flexibility index (Phi) is 7.22. The average Bonchev–Trinajstić information content (AvgIpc) is 3.31. The van der Waals surface area contributed by atoms with Gasteiger partial charge in [0.25, 0.3) is 5.91 Å². The SMILES string of the molecule is Cc1nn(-c2ccccc2)cc1CCCNC(=O)C(C)NC(=O)c1ccc(Br)s1. The second-order valence-electron chi connectivity index (χ2n) is 6.71. The van der Waals surface area contributed by atoms with Gasteiger partial charge in [-0.05, 0) is 72.4 Å². The van der Waals surface area contributed by atoms with Gasteiger partial charge in [-0.25, -0.2) is 4.68 Å². The number of amides is 2. The summed E-state index contributed by atoms with van der Waals surface area (Å²) < 4.78 is 2.76. The lowest BCUT2D eigenvalue weighted by Crippen LogP contribution is -2.44. The second-order valence-corrected chi connectivity index (χ2v) is 9.18. The minimum atomic E-state index is -0.592. The van der Waals surface area contributed by atoms with Crippen LogP contribution < -0.4 is 10.6 Å². The number of benzene rings is 1. The third-order valence-corrected chi connectivity index (χ3v) is 6.10. The number of para-hydroxylation sites is 1. The number of hydrogen-bond acceptors (Lipinski definition) is 4. The van der Waals surface area contributed by atoms with Gasteiger partial charge in [0.05, 0.1) is 20.0 Å². The summed E-state index contributed by atoms with van der Waals surface area (Å²) >= 11 is 4.67. The van der Waals surface area contributed by atoms with E-state index in [0.29, 0.717) is 11.4 Å². The molecule has 0 spiro atoms. The summed E-state index contributed by atoms with van der Waals surface area (Å²) in [5.41, 5.74) is 3.17. The van der Waals surface area contributed by atoms with E-state index in [1.165, 1.54) is 11.3 Å². The van der Waals surface area contributed by atoms with Crippen LogP contribution in [0.4, 0.5) is 0 Å². The van der Waals surface area contributed by atoms with Crippen LogP contribution in [0.5, 0.6) is 0 Å². The summed E-state index contributed by atoms with van der Waals surface area (Å²) in [6.45, 7) is 4.22. The number of rotatable bonds is 8. The van der Waals surface area contributed by atoms with Crippen molar-refractivity contribution in [3.05, 3.63) is 68.6 Å². The van der Waals surface area contributed by atoms with E-state index in [2.05, 4.69) is 31.7 Å². The zero-order valence-electron chi connectivity index (χ0n) is 16.3. The zero-order chi connectivity index (χ0) is 20.8. The predicted molar refractivity (Wildman–Crippen MR) is 119 cm³/mol. The first-order valence-electron chi connectivity index (χ1n) is 9.38. The summed E-state index contributed by atoms with van der Waals surface area (Å²) in [5, 5.41) is 10.2. The number of halogens is 1. The molecule has 29 heavy (non-hydrogen) atoms. The smallest absolute Gasteiger partial charge is 0.262 e. The fraction of sp³-hybridized carbons (Fsp3) is 0.286. The number of aryl methyl sites for hydroxylation is 2. The molecule has 2 amide bonds. The van der Waals surface area contributed by atoms with Crippen LogP contribution in [0, 0.1) is 6.92 Å². The highest BCUT2D eigenvalue weighted by Gasteiger charge is 2.17. The molecule has 3 rings (SSSR count). The molecule has 0 fully saturated rings. The molecule has 8 heteroatoms. The van der Waals surface area contributed by atoms with Gasteiger partial charge in [0.15, 0.2) is 0 Å². The largest absolute Gasteiger partial charge is 0.354 e. The van der Waals surface area contributed by atoms with E-state index in [9.17, 15) is 9.59 Å². The van der Waals surface area contributed by atoms with Crippen molar-refractivity contribution >= 4 is 39.1 Å². The Morgan fingerprint density at radius 3 is 2.66 bits per heavy atom. The van der Waals surface area contributed by atoms with Crippen molar-refractivity contribution in [1.29, 1.82) is 0 Å². The van der Waals surface area contributed by atoms with Crippen LogP contribution >= 0.6 is 27.3 Å². The third kappa shape index (κ3) is 5.77. The molecule has 0 aliphatic carbocycles. The molecule has 0 saturated carbocycles. The van der Waals surface area contributed by atoms with Gasteiger partial charge < -0.3 is 10.6 Å². The van der Waals surface area contributed by atoms with E-state index < -0.39 is 6.04 Å². The number of nitrogens with zero attached hydrogens (tertiary/aromatic N) is 2. The fourth-order valence-electron chi connectivity index (χ4n) is 2.87. The van der Waals surface area contributed by atoms with Crippen LogP contribution in [-0.4, -0.2) is 34.2 Å². The summed E-state index contributed by atoms with van der Waals surface area (Å²) in [7, 11) is 0. The maximum Gasteiger partial charge on any atom is 0.262 e. The van der Waals surface area contributed by atoms with Gasteiger partial charge in [0, 0.05) is 12.7 Å². The normalized spacial score (nSPS) is 11.8. The van der Waals surface area contributed by atoms with Crippen molar-refractivity contribution in [1.82, 2.24) is 20.4 Å². The van der Waals surface area contributed by atoms with Crippen molar-refractivity contribution < 1.29 is 9.59 Å². The Labute approximate surface area is 182 Å². The second kappa shape index (κ2) is 9.84. The molecule has 2 heterocycles. The number of carbonyl (C=O) groups excluding carboxylic acids is 2. The predicted octanol–water partition coefficient (Wildman–Crippen LogP) is 3.87. The maximum absolute atomic E-state index is 12.2. The van der Waals surface area contributed by atoms with Crippen LogP contribution in [0.15, 0.2) is 52.4 Å². The molecule has 6 nitrogen and oxygen atoms in total. The molecule has 152 valence electrons. The van der Waals surface area contributed by atoms with Crippen LogP contribution in [0.25, 0.3) is 5.69 Å². The number of nitrogens with one attached hydrogen (secondary N) is 2. The van der Waals surface area contributed by atoms with E-state index >= 15 is 0 Å². The topological polar surface area (TPSA) is 76.0 Å². The standard InChI is InChI=1S/C21H23BrN4O2S/c1-14-16(13-26(25-14)17-8-4-3-5-9-17)7-6-12-23-20(27)15(2)24-21(28)18-10-11-19(22)29-18/h3-5,8-11,13,15H,6-7,12H2,1-2H3,(H,23,27)(H,24,28). The lowest BCUT2D eigenvalue weighted by Gasteiger charge is -2.13. The molecule has 0 aliphatic heterocycles. The highest BCUT2D eigenvalue weighted by molar-refractivity contribution is 9.11. The third-order valence-electron chi connectivity index (χ3n) is 4.48. The van der Waals surface area contributed by atoms with Crippen molar-refractivity contribution in [2.75, 3.05) is 6.54 Å². The quantitative estimate of drug-likeness (QED) is 0.486. The van der Waals surface area contributed by atoms with Crippen LogP contribution in [0.1, 0.15) is 34.3 Å². The highest BCUT2D eigenvalue weighted by Crippen LogP contribution is 2.21. The van der Waals surface area contributed by atoms with Gasteiger partial charge in [0.2, 0.25) is 5.91 Å². The number of aromatic nitrogens is 2. The molecule has 0 bridgehead atoms. The Hall–Kier alpha value is -2.45. The highest BCUT2D eigenvalue weighted by atomic mass is 79.9. The molecule has 2 N–H and O–H groups in total. The molecule has 2 aromatic heterocycles. The minimum absolute atomic E-state index is 0.189. The molecule has 0 aliphatic rings. The number of hydrogen-bond donors (Lipinski definition) is 2.